The van der Waals surface area contributed by atoms with Crippen molar-refractivity contribution in [2.75, 3.05) is 13.7 Å². The maximum Gasteiger partial charge on any atom is 0.311 e. The molecule has 0 aromatic heterocycles. The Kier molecular flexibility index (Phi) is 9.17. The van der Waals surface area contributed by atoms with Crippen LogP contribution >= 0.6 is 23.2 Å². The lowest BCUT2D eigenvalue weighted by Crippen LogP contribution is -2.50. The smallest absolute Gasteiger partial charge is 0.311 e. The fourth-order valence-corrected chi connectivity index (χ4v) is 4.40. The van der Waals surface area contributed by atoms with Gasteiger partial charge >= 0.3 is 5.69 Å². The van der Waals surface area contributed by atoms with Crippen molar-refractivity contribution in [3.63, 3.8) is 0 Å². The Hall–Kier alpha value is -3.04. The first kappa shape index (κ1) is 26.6. The van der Waals surface area contributed by atoms with Crippen LogP contribution in [0.25, 0.3) is 0 Å². The number of methoxy groups -OCH3 is 1. The standard InChI is InChI=1S/C24H27Cl2N3O6/c1-15(24(31)27-18-5-3-4-6-18)28(13-16-7-8-17(25)11-20(16)26)23(30)14-35-19-9-10-21(29(32)33)22(12-19)34-2/h7-12,15,18H,3-6,13-14H2,1-2H3,(H,27,31). The fourth-order valence-electron chi connectivity index (χ4n) is 3.93. The summed E-state index contributed by atoms with van der Waals surface area (Å²) >= 11 is 12.3. The van der Waals surface area contributed by atoms with Crippen molar-refractivity contribution in [2.24, 2.45) is 0 Å². The van der Waals surface area contributed by atoms with Gasteiger partial charge in [-0.2, -0.15) is 0 Å². The van der Waals surface area contributed by atoms with Crippen molar-refractivity contribution in [1.29, 1.82) is 0 Å². The number of carbonyl (C=O) groups excluding carboxylic acids is 2. The molecule has 1 aliphatic carbocycles. The Balaban J connectivity index is 1.77. The highest BCUT2D eigenvalue weighted by atomic mass is 35.5. The quantitative estimate of drug-likeness (QED) is 0.354. The van der Waals surface area contributed by atoms with Crippen LogP contribution in [0.2, 0.25) is 10.0 Å². The molecule has 1 N–H and O–H groups in total. The summed E-state index contributed by atoms with van der Waals surface area (Å²) in [6.07, 6.45) is 3.96. The molecular formula is C24H27Cl2N3O6. The maximum atomic E-state index is 13.2. The molecule has 0 aliphatic heterocycles. The third-order valence-electron chi connectivity index (χ3n) is 5.93. The van der Waals surface area contributed by atoms with Crippen LogP contribution in [0.1, 0.15) is 38.2 Å². The predicted molar refractivity (Wildman–Crippen MR) is 132 cm³/mol. The summed E-state index contributed by atoms with van der Waals surface area (Å²) in [5.74, 6) is -0.489. The number of amides is 2. The average Bonchev–Trinajstić information content (AvgIpc) is 3.34. The number of nitro benzene ring substituents is 1. The molecule has 2 amide bonds. The second kappa shape index (κ2) is 12.1. The van der Waals surface area contributed by atoms with Gasteiger partial charge in [0.25, 0.3) is 5.91 Å². The Bertz CT molecular complexity index is 1090. The van der Waals surface area contributed by atoms with E-state index < -0.39 is 23.5 Å². The van der Waals surface area contributed by atoms with Gasteiger partial charge in [0, 0.05) is 34.8 Å². The van der Waals surface area contributed by atoms with Crippen LogP contribution in [0.5, 0.6) is 11.5 Å². The number of halogens is 2. The molecular weight excluding hydrogens is 497 g/mol. The van der Waals surface area contributed by atoms with E-state index in [1.807, 2.05) is 0 Å². The number of nitro groups is 1. The molecule has 2 aromatic carbocycles. The van der Waals surface area contributed by atoms with E-state index in [1.54, 1.807) is 25.1 Å². The number of nitrogens with zero attached hydrogens (tertiary/aromatic N) is 2. The summed E-state index contributed by atoms with van der Waals surface area (Å²) in [6, 6.07) is 8.20. The first-order chi connectivity index (χ1) is 16.7. The number of hydrogen-bond acceptors (Lipinski definition) is 6. The van der Waals surface area contributed by atoms with Gasteiger partial charge in [-0.05, 0) is 43.5 Å². The van der Waals surface area contributed by atoms with Gasteiger partial charge in [0.2, 0.25) is 11.7 Å². The van der Waals surface area contributed by atoms with Crippen molar-refractivity contribution in [3.8, 4) is 11.5 Å². The van der Waals surface area contributed by atoms with Crippen LogP contribution in [-0.4, -0.2) is 47.4 Å². The average molecular weight is 524 g/mol. The van der Waals surface area contributed by atoms with Gasteiger partial charge in [-0.15, -0.1) is 0 Å². The molecule has 11 heteroatoms. The van der Waals surface area contributed by atoms with Gasteiger partial charge in [0.1, 0.15) is 11.8 Å². The van der Waals surface area contributed by atoms with Crippen molar-refractivity contribution in [2.45, 2.75) is 51.2 Å². The first-order valence-corrected chi connectivity index (χ1v) is 11.9. The van der Waals surface area contributed by atoms with Gasteiger partial charge in [-0.3, -0.25) is 19.7 Å². The van der Waals surface area contributed by atoms with Crippen molar-refractivity contribution < 1.29 is 24.0 Å². The summed E-state index contributed by atoms with van der Waals surface area (Å²) in [5, 5.41) is 15.0. The summed E-state index contributed by atoms with van der Waals surface area (Å²) < 4.78 is 10.6. The summed E-state index contributed by atoms with van der Waals surface area (Å²) in [6.45, 7) is 1.33. The van der Waals surface area contributed by atoms with Gasteiger partial charge in [0.15, 0.2) is 6.61 Å². The first-order valence-electron chi connectivity index (χ1n) is 11.2. The molecule has 1 atom stereocenters. The molecule has 1 aliphatic rings. The molecule has 1 unspecified atom stereocenters. The minimum absolute atomic E-state index is 0.00839. The van der Waals surface area contributed by atoms with Crippen LogP contribution in [0.15, 0.2) is 36.4 Å². The Morgan fingerprint density at radius 3 is 2.54 bits per heavy atom. The van der Waals surface area contributed by atoms with Crippen LogP contribution in [0.4, 0.5) is 5.69 Å². The van der Waals surface area contributed by atoms with E-state index in [9.17, 15) is 19.7 Å². The molecule has 0 heterocycles. The van der Waals surface area contributed by atoms with E-state index in [-0.39, 0.29) is 35.7 Å². The lowest BCUT2D eigenvalue weighted by molar-refractivity contribution is -0.385. The van der Waals surface area contributed by atoms with E-state index in [0.717, 1.165) is 25.7 Å². The van der Waals surface area contributed by atoms with Crippen LogP contribution in [0.3, 0.4) is 0 Å². The van der Waals surface area contributed by atoms with Crippen molar-refractivity contribution in [3.05, 3.63) is 62.1 Å². The van der Waals surface area contributed by atoms with Gasteiger partial charge in [0.05, 0.1) is 12.0 Å². The molecule has 0 saturated heterocycles. The van der Waals surface area contributed by atoms with Crippen LogP contribution in [0, 0.1) is 10.1 Å². The molecule has 1 fully saturated rings. The topological polar surface area (TPSA) is 111 Å². The second-order valence-electron chi connectivity index (χ2n) is 8.30. The SMILES string of the molecule is COc1cc(OCC(=O)N(Cc2ccc(Cl)cc2Cl)C(C)C(=O)NC2CCCC2)ccc1[N+](=O)[O-]. The Morgan fingerprint density at radius 2 is 1.91 bits per heavy atom. The molecule has 9 nitrogen and oxygen atoms in total. The largest absolute Gasteiger partial charge is 0.490 e. The Labute approximate surface area is 213 Å². The lowest BCUT2D eigenvalue weighted by Gasteiger charge is -2.30. The minimum atomic E-state index is -0.787. The van der Waals surface area contributed by atoms with E-state index in [1.165, 1.54) is 30.2 Å². The summed E-state index contributed by atoms with van der Waals surface area (Å²) in [4.78, 5) is 38.1. The number of nitrogens with one attached hydrogen (secondary N) is 1. The monoisotopic (exact) mass is 523 g/mol. The zero-order valence-electron chi connectivity index (χ0n) is 19.5. The zero-order chi connectivity index (χ0) is 25.5. The molecule has 3 rings (SSSR count). The van der Waals surface area contributed by atoms with Gasteiger partial charge in [-0.1, -0.05) is 42.1 Å². The van der Waals surface area contributed by atoms with Crippen LogP contribution in [-0.2, 0) is 16.1 Å². The van der Waals surface area contributed by atoms with E-state index in [0.29, 0.717) is 15.6 Å². The molecule has 0 bridgehead atoms. The highest BCUT2D eigenvalue weighted by Crippen LogP contribution is 2.31. The highest BCUT2D eigenvalue weighted by molar-refractivity contribution is 6.35. The van der Waals surface area contributed by atoms with E-state index >= 15 is 0 Å². The molecule has 188 valence electrons. The summed E-state index contributed by atoms with van der Waals surface area (Å²) in [7, 11) is 1.31. The third kappa shape index (κ3) is 6.99. The number of carbonyl (C=O) groups is 2. The van der Waals surface area contributed by atoms with E-state index in [4.69, 9.17) is 32.7 Å². The number of rotatable bonds is 10. The maximum absolute atomic E-state index is 13.2. The lowest BCUT2D eigenvalue weighted by atomic mass is 10.1. The number of hydrogen-bond donors (Lipinski definition) is 1. The van der Waals surface area contributed by atoms with E-state index in [2.05, 4.69) is 5.32 Å². The van der Waals surface area contributed by atoms with Gasteiger partial charge in [-0.25, -0.2) is 0 Å². The molecule has 0 radical (unpaired) electrons. The van der Waals surface area contributed by atoms with Crippen molar-refractivity contribution >= 4 is 40.7 Å². The van der Waals surface area contributed by atoms with Crippen molar-refractivity contribution in [1.82, 2.24) is 10.2 Å². The number of ether oxygens (including phenoxy) is 2. The second-order valence-corrected chi connectivity index (χ2v) is 9.15. The third-order valence-corrected chi connectivity index (χ3v) is 6.52. The molecule has 0 spiro atoms. The van der Waals surface area contributed by atoms with Gasteiger partial charge < -0.3 is 19.7 Å². The summed E-state index contributed by atoms with van der Waals surface area (Å²) in [5.41, 5.74) is 0.407. The molecule has 1 saturated carbocycles. The predicted octanol–water partition coefficient (Wildman–Crippen LogP) is 4.77. The normalized spacial score (nSPS) is 14.3. The molecule has 2 aromatic rings. The number of benzene rings is 2. The minimum Gasteiger partial charge on any atom is -0.490 e. The highest BCUT2D eigenvalue weighted by Gasteiger charge is 2.29. The fraction of sp³-hybridized carbons (Fsp3) is 0.417. The zero-order valence-corrected chi connectivity index (χ0v) is 21.0. The van der Waals surface area contributed by atoms with Crippen LogP contribution < -0.4 is 14.8 Å². The Morgan fingerprint density at radius 1 is 1.20 bits per heavy atom. The molecule has 35 heavy (non-hydrogen) atoms.